The highest BCUT2D eigenvalue weighted by Gasteiger charge is 2.20. The van der Waals surface area contributed by atoms with Crippen molar-refractivity contribution in [2.45, 2.75) is 12.2 Å². The first-order valence-corrected chi connectivity index (χ1v) is 5.02. The van der Waals surface area contributed by atoms with Gasteiger partial charge in [-0.2, -0.15) is 4.98 Å². The Morgan fingerprint density at radius 3 is 2.78 bits per heavy atom. The molecule has 9 heteroatoms. The highest BCUT2D eigenvalue weighted by atomic mass is 16.5. The SMILES string of the molecule is Nc1nc2n[13cH][13c]([13C@@H](O)[13C@@H](O)[13CH2]O)nc2c(=O)[nH]1. The molecular formula is C9H11N5O4. The Bertz CT molecular complexity index is 628. The van der Waals surface area contributed by atoms with Crippen LogP contribution in [-0.2, 0) is 0 Å². The van der Waals surface area contributed by atoms with Crippen LogP contribution >= 0.6 is 0 Å². The minimum Gasteiger partial charge on any atom is -0.394 e. The lowest BCUT2D eigenvalue weighted by molar-refractivity contribution is -0.0173. The summed E-state index contributed by atoms with van der Waals surface area (Å²) >= 11 is 0. The van der Waals surface area contributed by atoms with Gasteiger partial charge in [0.15, 0.2) is 11.2 Å². The monoisotopic (exact) mass is 258 g/mol. The number of nitrogens with two attached hydrogens (primary N) is 1. The zero-order valence-electron chi connectivity index (χ0n) is 9.11. The molecule has 2 aromatic heterocycles. The highest BCUT2D eigenvalue weighted by Crippen LogP contribution is 2.14. The Morgan fingerprint density at radius 2 is 2.11 bits per heavy atom. The summed E-state index contributed by atoms with van der Waals surface area (Å²) in [6.07, 6.45) is -1.70. The fourth-order valence-corrected chi connectivity index (χ4v) is 1.39. The molecule has 2 aromatic rings. The molecule has 0 aliphatic carbocycles. The van der Waals surface area contributed by atoms with E-state index < -0.39 is 24.4 Å². The first-order chi connectivity index (χ1) is 8.52. The molecule has 96 valence electrons. The highest BCUT2D eigenvalue weighted by molar-refractivity contribution is 5.69. The molecular weight excluding hydrogens is 247 g/mol. The van der Waals surface area contributed by atoms with E-state index in [1.165, 1.54) is 0 Å². The number of fused-ring (bicyclic) bond motifs is 1. The zero-order valence-corrected chi connectivity index (χ0v) is 9.11. The van der Waals surface area contributed by atoms with Crippen molar-refractivity contribution in [2.75, 3.05) is 12.3 Å². The second-order valence-corrected chi connectivity index (χ2v) is 3.61. The quantitative estimate of drug-likeness (QED) is 0.384. The summed E-state index contributed by atoms with van der Waals surface area (Å²) in [5.41, 5.74) is 4.62. The van der Waals surface area contributed by atoms with Crippen LogP contribution in [0.4, 0.5) is 5.95 Å². The number of hydrogen-bond acceptors (Lipinski definition) is 8. The van der Waals surface area contributed by atoms with Gasteiger partial charge in [0, 0.05) is 0 Å². The van der Waals surface area contributed by atoms with Crippen LogP contribution in [0.5, 0.6) is 0 Å². The van der Waals surface area contributed by atoms with Crippen molar-refractivity contribution in [3.05, 3.63) is 22.2 Å². The van der Waals surface area contributed by atoms with Gasteiger partial charge >= 0.3 is 0 Å². The number of H-pyrrole nitrogens is 1. The molecule has 2 rings (SSSR count). The maximum absolute atomic E-state index is 11.5. The molecule has 9 nitrogen and oxygen atoms in total. The van der Waals surface area contributed by atoms with E-state index in [1.807, 2.05) is 0 Å². The number of nitrogens with zero attached hydrogens (tertiary/aromatic N) is 3. The Labute approximate surface area is 100.0 Å². The summed E-state index contributed by atoms with van der Waals surface area (Å²) in [4.78, 5) is 25.2. The van der Waals surface area contributed by atoms with E-state index in [4.69, 9.17) is 10.8 Å². The smallest absolute Gasteiger partial charge is 0.280 e. The molecule has 0 amide bonds. The molecule has 0 aliphatic rings. The van der Waals surface area contributed by atoms with Gasteiger partial charge in [0.25, 0.3) is 5.56 Å². The number of anilines is 1. The third-order valence-corrected chi connectivity index (χ3v) is 2.31. The number of hydrogen-bond donors (Lipinski definition) is 5. The number of aromatic nitrogens is 4. The van der Waals surface area contributed by atoms with Crippen molar-refractivity contribution >= 4 is 17.1 Å². The summed E-state index contributed by atoms with van der Waals surface area (Å²) in [6, 6.07) is 0. The molecule has 0 spiro atoms. The van der Waals surface area contributed by atoms with Crippen molar-refractivity contribution in [2.24, 2.45) is 0 Å². The van der Waals surface area contributed by atoms with E-state index in [1.54, 1.807) is 0 Å². The lowest BCUT2D eigenvalue weighted by Gasteiger charge is -2.14. The molecule has 0 fully saturated rings. The molecule has 0 aliphatic heterocycles. The number of aliphatic hydroxyl groups excluding tert-OH is 3. The zero-order chi connectivity index (χ0) is 13.3. The lowest BCUT2D eigenvalue weighted by atomic mass is 10.5. The van der Waals surface area contributed by atoms with Gasteiger partial charge in [-0.25, -0.2) is 9.97 Å². The fourth-order valence-electron chi connectivity index (χ4n) is 1.39. The average molecular weight is 258 g/mol. The lowest BCUT2D eigenvalue weighted by Crippen LogP contribution is -2.24. The molecule has 6 N–H and O–H groups in total. The summed E-state index contributed by atoms with van der Waals surface area (Å²) in [5.74, 6) is -0.0921. The van der Waals surface area contributed by atoms with Gasteiger partial charge in [0.05, 0.1) is 18.5 Å². The van der Waals surface area contributed by atoms with Crippen molar-refractivity contribution in [1.82, 2.24) is 19.9 Å². The second kappa shape index (κ2) is 4.64. The van der Waals surface area contributed by atoms with Crippen LogP contribution in [0.15, 0.2) is 11.0 Å². The first-order valence-electron chi connectivity index (χ1n) is 5.02. The third kappa shape index (κ3) is 2.14. The average Bonchev–Trinajstić information content (AvgIpc) is 2.36. The Balaban J connectivity index is 2.54. The number of aromatic amines is 1. The second-order valence-electron chi connectivity index (χ2n) is 3.61. The summed E-state index contributed by atoms with van der Waals surface area (Å²) in [5, 5.41) is 27.6. The fraction of sp³-hybridized carbons (Fsp3) is 0.333. The summed E-state index contributed by atoms with van der Waals surface area (Å²) < 4.78 is 0. The molecule has 2 heterocycles. The van der Waals surface area contributed by atoms with Gasteiger partial charge < -0.3 is 21.1 Å². The topological polar surface area (TPSA) is 158 Å². The van der Waals surface area contributed by atoms with E-state index in [-0.39, 0.29) is 22.8 Å². The Kier molecular flexibility index (Phi) is 3.19. The predicted octanol–water partition coefficient (Wildman–Crippen LogP) is -2.32. The van der Waals surface area contributed by atoms with Crippen LogP contribution in [0.25, 0.3) is 11.2 Å². The maximum Gasteiger partial charge on any atom is 0.280 e. The third-order valence-electron chi connectivity index (χ3n) is 2.31. The van der Waals surface area contributed by atoms with Crippen molar-refractivity contribution in [3.8, 4) is 0 Å². The molecule has 18 heavy (non-hydrogen) atoms. The Morgan fingerprint density at radius 1 is 1.39 bits per heavy atom. The van der Waals surface area contributed by atoms with E-state index in [2.05, 4.69) is 19.9 Å². The number of aliphatic hydroxyl groups is 3. The van der Waals surface area contributed by atoms with E-state index in [0.29, 0.717) is 0 Å². The Hall–Kier alpha value is -2.10. The van der Waals surface area contributed by atoms with E-state index in [0.717, 1.165) is 6.20 Å². The molecule has 0 bridgehead atoms. The van der Waals surface area contributed by atoms with Gasteiger partial charge in [0.1, 0.15) is 12.2 Å². The van der Waals surface area contributed by atoms with Crippen LogP contribution in [-0.4, -0.2) is 48.0 Å². The van der Waals surface area contributed by atoms with Crippen LogP contribution in [0, 0.1) is 0 Å². The normalized spacial score (nSPS) is 14.6. The summed E-state index contributed by atoms with van der Waals surface area (Å²) in [6.45, 7) is -0.642. The van der Waals surface area contributed by atoms with Gasteiger partial charge in [-0.05, 0) is 0 Å². The van der Waals surface area contributed by atoms with Gasteiger partial charge in [-0.1, -0.05) is 0 Å². The largest absolute Gasteiger partial charge is 0.394 e. The number of nitrogens with one attached hydrogen (secondary N) is 1. The van der Waals surface area contributed by atoms with Gasteiger partial charge in [-0.3, -0.25) is 9.78 Å². The van der Waals surface area contributed by atoms with E-state index in [9.17, 15) is 15.0 Å². The minimum absolute atomic E-state index is 0.0330. The van der Waals surface area contributed by atoms with Crippen LogP contribution in [0.1, 0.15) is 11.8 Å². The van der Waals surface area contributed by atoms with Gasteiger partial charge in [-0.15, -0.1) is 0 Å². The standard InChI is InChI=1S/C9H11N5O4/c10-9-13-7-5(8(18)14-9)12-3(1-11-7)6(17)4(16)2-15/h1,4,6,15-17H,2H2,(H3,10,11,13,14,18)/t4-,6+/m0/s1/i1+1,2+1,3+1,4+1,6+1. The van der Waals surface area contributed by atoms with Crippen molar-refractivity contribution in [3.63, 3.8) is 0 Å². The summed E-state index contributed by atoms with van der Waals surface area (Å²) in [7, 11) is 0. The van der Waals surface area contributed by atoms with Crippen LogP contribution in [0.2, 0.25) is 0 Å². The number of nitrogen functional groups attached to an aromatic ring is 1. The predicted molar refractivity (Wildman–Crippen MR) is 60.4 cm³/mol. The van der Waals surface area contributed by atoms with Crippen LogP contribution < -0.4 is 11.3 Å². The maximum atomic E-state index is 11.5. The first kappa shape index (κ1) is 12.4. The molecule has 0 radical (unpaired) electrons. The van der Waals surface area contributed by atoms with Crippen molar-refractivity contribution in [1.29, 1.82) is 0 Å². The van der Waals surface area contributed by atoms with Crippen LogP contribution in [0.3, 0.4) is 0 Å². The molecule has 2 atom stereocenters. The molecule has 0 aromatic carbocycles. The number of rotatable bonds is 3. The molecule has 0 saturated carbocycles. The molecule has 0 unspecified atom stereocenters. The minimum atomic E-state index is -1.44. The molecule has 0 saturated heterocycles. The van der Waals surface area contributed by atoms with Crippen molar-refractivity contribution < 1.29 is 15.3 Å². The van der Waals surface area contributed by atoms with Gasteiger partial charge in [0.2, 0.25) is 5.95 Å². The van der Waals surface area contributed by atoms with E-state index >= 15 is 0 Å².